The number of nitrogens with zero attached hydrogens (tertiary/aromatic N) is 3. The Balaban J connectivity index is 1.27. The van der Waals surface area contributed by atoms with E-state index in [-0.39, 0.29) is 17.5 Å². The zero-order valence-corrected chi connectivity index (χ0v) is 19.7. The van der Waals surface area contributed by atoms with Gasteiger partial charge >= 0.3 is 0 Å². The topological polar surface area (TPSA) is 69.3 Å². The van der Waals surface area contributed by atoms with Gasteiger partial charge in [-0.2, -0.15) is 5.10 Å². The maximum Gasteiger partial charge on any atom is 0.272 e. The summed E-state index contributed by atoms with van der Waals surface area (Å²) >= 11 is 0. The molecule has 6 nitrogen and oxygen atoms in total. The summed E-state index contributed by atoms with van der Waals surface area (Å²) in [5.74, 6) is 0.230. The van der Waals surface area contributed by atoms with Crippen molar-refractivity contribution in [1.29, 1.82) is 0 Å². The maximum absolute atomic E-state index is 13.7. The van der Waals surface area contributed by atoms with Gasteiger partial charge in [-0.1, -0.05) is 60.7 Å². The van der Waals surface area contributed by atoms with Crippen molar-refractivity contribution in [3.8, 4) is 0 Å². The second-order valence-corrected chi connectivity index (χ2v) is 9.57. The van der Waals surface area contributed by atoms with Gasteiger partial charge in [0, 0.05) is 37.6 Å². The summed E-state index contributed by atoms with van der Waals surface area (Å²) in [7, 11) is 0. The molecule has 3 aromatic rings. The van der Waals surface area contributed by atoms with Gasteiger partial charge in [-0.05, 0) is 43.7 Å². The van der Waals surface area contributed by atoms with Crippen LogP contribution in [0.4, 0.5) is 0 Å². The van der Waals surface area contributed by atoms with Crippen molar-refractivity contribution < 1.29 is 4.79 Å². The molecule has 0 aliphatic carbocycles. The number of hydrogen-bond acceptors (Lipinski definition) is 4. The molecular formula is C28H32N4O2. The third-order valence-corrected chi connectivity index (χ3v) is 7.41. The van der Waals surface area contributed by atoms with Crippen LogP contribution in [0.3, 0.4) is 0 Å². The standard InChI is InChI=1S/C28H32N4O2/c1-20(26-23-13-5-6-14-24(23)27(33)30-29-26)28(34)32-17-8-12-22-19-31(18-15-25(22)32)16-7-11-21-9-3-2-4-10-21/h2-7,9-11,13-14,20,22,25H,8,12,15-19H2,1H3,(H,30,33)/b11-7+/t20?,22-,25-/m1/s1. The van der Waals surface area contributed by atoms with Crippen LogP contribution in [0.2, 0.25) is 0 Å². The number of nitrogens with one attached hydrogen (secondary N) is 1. The summed E-state index contributed by atoms with van der Waals surface area (Å²) in [5, 5.41) is 8.23. The third kappa shape index (κ3) is 4.55. The molecule has 0 saturated carbocycles. The van der Waals surface area contributed by atoms with Crippen molar-refractivity contribution in [2.24, 2.45) is 5.92 Å². The zero-order chi connectivity index (χ0) is 23.5. The molecule has 0 radical (unpaired) electrons. The van der Waals surface area contributed by atoms with E-state index in [1.165, 1.54) is 12.0 Å². The minimum Gasteiger partial charge on any atom is -0.339 e. The van der Waals surface area contributed by atoms with Gasteiger partial charge in [0.1, 0.15) is 0 Å². The molecule has 2 fully saturated rings. The Morgan fingerprint density at radius 2 is 1.85 bits per heavy atom. The van der Waals surface area contributed by atoms with Crippen molar-refractivity contribution in [1.82, 2.24) is 20.0 Å². The van der Waals surface area contributed by atoms with Gasteiger partial charge in [-0.25, -0.2) is 5.10 Å². The second-order valence-electron chi connectivity index (χ2n) is 9.57. The molecule has 5 rings (SSSR count). The molecule has 1 amide bonds. The van der Waals surface area contributed by atoms with Crippen LogP contribution in [0.1, 0.15) is 43.4 Å². The zero-order valence-electron chi connectivity index (χ0n) is 19.7. The number of likely N-dealkylation sites (tertiary alicyclic amines) is 2. The van der Waals surface area contributed by atoms with Crippen molar-refractivity contribution >= 4 is 22.8 Å². The van der Waals surface area contributed by atoms with E-state index >= 15 is 0 Å². The number of hydrogen-bond donors (Lipinski definition) is 1. The SMILES string of the molecule is CC(C(=O)N1CCC[C@@H]2CN(C/C=C/c3ccccc3)CC[C@H]21)c1n[nH]c(=O)c2ccccc12. The maximum atomic E-state index is 13.7. The molecule has 1 N–H and O–H groups in total. The first-order valence-corrected chi connectivity index (χ1v) is 12.3. The lowest BCUT2D eigenvalue weighted by atomic mass is 9.83. The molecule has 0 spiro atoms. The van der Waals surface area contributed by atoms with Crippen LogP contribution in [0.25, 0.3) is 16.8 Å². The Labute approximate surface area is 200 Å². The third-order valence-electron chi connectivity index (χ3n) is 7.41. The van der Waals surface area contributed by atoms with E-state index in [1.54, 1.807) is 6.07 Å². The molecule has 6 heteroatoms. The average molecular weight is 457 g/mol. The van der Waals surface area contributed by atoms with Crippen LogP contribution in [0.15, 0.2) is 65.5 Å². The van der Waals surface area contributed by atoms with E-state index in [1.807, 2.05) is 31.2 Å². The van der Waals surface area contributed by atoms with Crippen LogP contribution in [-0.2, 0) is 4.79 Å². The van der Waals surface area contributed by atoms with Crippen LogP contribution in [0, 0.1) is 5.92 Å². The molecule has 34 heavy (non-hydrogen) atoms. The molecular weight excluding hydrogens is 424 g/mol. The number of H-pyrrole nitrogens is 1. The molecule has 176 valence electrons. The van der Waals surface area contributed by atoms with Crippen molar-refractivity contribution in [2.45, 2.75) is 38.1 Å². The van der Waals surface area contributed by atoms with E-state index in [9.17, 15) is 9.59 Å². The average Bonchev–Trinajstić information content (AvgIpc) is 2.88. The largest absolute Gasteiger partial charge is 0.339 e. The Morgan fingerprint density at radius 1 is 1.09 bits per heavy atom. The molecule has 3 heterocycles. The van der Waals surface area contributed by atoms with Crippen LogP contribution in [0.5, 0.6) is 0 Å². The number of aromatic amines is 1. The number of piperidine rings is 2. The lowest BCUT2D eigenvalue weighted by Crippen LogP contribution is -2.56. The van der Waals surface area contributed by atoms with Gasteiger partial charge in [0.15, 0.2) is 0 Å². The first kappa shape index (κ1) is 22.5. The molecule has 2 aliphatic rings. The second kappa shape index (κ2) is 9.94. The number of carbonyl (C=O) groups is 1. The minimum atomic E-state index is -0.396. The Morgan fingerprint density at radius 3 is 2.68 bits per heavy atom. The highest BCUT2D eigenvalue weighted by Gasteiger charge is 2.39. The van der Waals surface area contributed by atoms with Crippen LogP contribution in [-0.4, -0.2) is 58.1 Å². The Bertz CT molecular complexity index is 1240. The quantitative estimate of drug-likeness (QED) is 0.629. The van der Waals surface area contributed by atoms with Gasteiger partial charge < -0.3 is 4.90 Å². The molecule has 1 aromatic heterocycles. The highest BCUT2D eigenvalue weighted by molar-refractivity contribution is 5.91. The summed E-state index contributed by atoms with van der Waals surface area (Å²) in [6.07, 6.45) is 7.64. The number of carbonyl (C=O) groups excluding carboxylic acids is 1. The first-order chi connectivity index (χ1) is 16.6. The highest BCUT2D eigenvalue weighted by atomic mass is 16.2. The lowest BCUT2D eigenvalue weighted by Gasteiger charge is -2.47. The number of amides is 1. The van der Waals surface area contributed by atoms with Gasteiger partial charge in [0.2, 0.25) is 5.91 Å². The van der Waals surface area contributed by atoms with E-state index in [0.29, 0.717) is 17.0 Å². The van der Waals surface area contributed by atoms with Crippen molar-refractivity contribution in [3.63, 3.8) is 0 Å². The van der Waals surface area contributed by atoms with Gasteiger partial charge in [0.25, 0.3) is 5.56 Å². The van der Waals surface area contributed by atoms with E-state index in [2.05, 4.69) is 56.4 Å². The Kier molecular flexibility index (Phi) is 6.59. The summed E-state index contributed by atoms with van der Waals surface area (Å²) < 4.78 is 0. The lowest BCUT2D eigenvalue weighted by molar-refractivity contribution is -0.139. The fourth-order valence-electron chi connectivity index (χ4n) is 5.65. The molecule has 2 saturated heterocycles. The molecule has 2 aromatic carbocycles. The predicted molar refractivity (Wildman–Crippen MR) is 136 cm³/mol. The van der Waals surface area contributed by atoms with Gasteiger partial charge in [0.05, 0.1) is 17.0 Å². The normalized spacial score (nSPS) is 22.1. The summed E-state index contributed by atoms with van der Waals surface area (Å²) in [4.78, 5) is 30.5. The fraction of sp³-hybridized carbons (Fsp3) is 0.393. The van der Waals surface area contributed by atoms with Crippen LogP contribution < -0.4 is 5.56 Å². The van der Waals surface area contributed by atoms with Crippen molar-refractivity contribution in [2.75, 3.05) is 26.2 Å². The molecule has 2 aliphatic heterocycles. The summed E-state index contributed by atoms with van der Waals surface area (Å²) in [6, 6.07) is 18.1. The van der Waals surface area contributed by atoms with E-state index < -0.39 is 5.92 Å². The van der Waals surface area contributed by atoms with E-state index in [0.717, 1.165) is 44.4 Å². The highest BCUT2D eigenvalue weighted by Crippen LogP contribution is 2.33. The summed E-state index contributed by atoms with van der Waals surface area (Å²) in [5.41, 5.74) is 1.67. The Hall–Kier alpha value is -3.25. The van der Waals surface area contributed by atoms with Crippen LogP contribution >= 0.6 is 0 Å². The first-order valence-electron chi connectivity index (χ1n) is 12.3. The van der Waals surface area contributed by atoms with E-state index in [4.69, 9.17) is 0 Å². The molecule has 0 bridgehead atoms. The predicted octanol–water partition coefficient (Wildman–Crippen LogP) is 4.05. The summed E-state index contributed by atoms with van der Waals surface area (Å²) in [6.45, 7) is 5.69. The smallest absolute Gasteiger partial charge is 0.272 e. The number of rotatable bonds is 5. The fourth-order valence-corrected chi connectivity index (χ4v) is 5.65. The van der Waals surface area contributed by atoms with Crippen molar-refractivity contribution in [3.05, 3.63) is 82.3 Å². The minimum absolute atomic E-state index is 0.122. The number of fused-ring (bicyclic) bond motifs is 2. The van der Waals surface area contributed by atoms with Gasteiger partial charge in [-0.15, -0.1) is 0 Å². The molecule has 3 atom stereocenters. The molecule has 1 unspecified atom stereocenters. The van der Waals surface area contributed by atoms with Gasteiger partial charge in [-0.3, -0.25) is 14.5 Å². The monoisotopic (exact) mass is 456 g/mol. The number of aromatic nitrogens is 2. The number of benzene rings is 2.